The number of nitrogens with one attached hydrogen (secondary N) is 2. The fraction of sp³-hybridized carbons (Fsp3) is 0.650. The van der Waals surface area contributed by atoms with Gasteiger partial charge in [0.05, 0.1) is 7.11 Å². The van der Waals surface area contributed by atoms with Gasteiger partial charge in [0.15, 0.2) is 0 Å². The van der Waals surface area contributed by atoms with Gasteiger partial charge in [-0.1, -0.05) is 6.07 Å². The first-order chi connectivity index (χ1) is 11.6. The first-order valence-corrected chi connectivity index (χ1v) is 9.28. The number of carbonyl (C=O) groups is 1. The van der Waals surface area contributed by atoms with Crippen molar-refractivity contribution in [2.75, 3.05) is 12.4 Å². The Bertz CT molecular complexity index is 593. The predicted molar refractivity (Wildman–Crippen MR) is 95.2 cm³/mol. The van der Waals surface area contributed by atoms with Gasteiger partial charge in [-0.05, 0) is 80.8 Å². The number of amides is 2. The lowest BCUT2D eigenvalue weighted by Crippen LogP contribution is -2.56. The first kappa shape index (κ1) is 15.8. The molecule has 2 amide bonds. The van der Waals surface area contributed by atoms with E-state index in [-0.39, 0.29) is 12.1 Å². The number of anilines is 1. The summed E-state index contributed by atoms with van der Waals surface area (Å²) in [5.41, 5.74) is 1.10. The van der Waals surface area contributed by atoms with Crippen LogP contribution in [0.4, 0.5) is 10.5 Å². The third-order valence-electron chi connectivity index (χ3n) is 6.68. The summed E-state index contributed by atoms with van der Waals surface area (Å²) in [6.45, 7) is 2.21. The zero-order chi connectivity index (χ0) is 16.7. The molecular weight excluding hydrogens is 300 g/mol. The normalized spacial score (nSPS) is 34.7. The van der Waals surface area contributed by atoms with Crippen LogP contribution in [0.3, 0.4) is 0 Å². The minimum Gasteiger partial charge on any atom is -0.497 e. The molecule has 0 aromatic heterocycles. The van der Waals surface area contributed by atoms with Crippen molar-refractivity contribution < 1.29 is 9.53 Å². The lowest BCUT2D eigenvalue weighted by atomic mass is 9.48. The summed E-state index contributed by atoms with van der Waals surface area (Å²) in [7, 11) is 1.63. The average Bonchev–Trinajstić information content (AvgIpc) is 2.53. The molecule has 1 aromatic rings. The first-order valence-electron chi connectivity index (χ1n) is 9.28. The summed E-state index contributed by atoms with van der Waals surface area (Å²) in [5, 5.41) is 6.18. The van der Waals surface area contributed by atoms with Crippen molar-refractivity contribution in [3.05, 3.63) is 24.3 Å². The van der Waals surface area contributed by atoms with E-state index in [0.29, 0.717) is 5.41 Å². The lowest BCUT2D eigenvalue weighted by Gasteiger charge is -2.59. The number of methoxy groups -OCH3 is 1. The quantitative estimate of drug-likeness (QED) is 0.859. The van der Waals surface area contributed by atoms with Crippen LogP contribution < -0.4 is 15.4 Å². The van der Waals surface area contributed by atoms with Crippen molar-refractivity contribution in [1.82, 2.24) is 5.32 Å². The molecule has 5 rings (SSSR count). The van der Waals surface area contributed by atoms with Crippen LogP contribution in [-0.2, 0) is 0 Å². The standard InChI is InChI=1S/C20H28N2O2/c1-13(20-10-14-6-15(11-20)8-16(7-14)12-20)21-19(23)22-17-4-3-5-18(9-17)24-2/h3-5,9,13-16H,6-8,10-12H2,1-2H3,(H2,21,22,23). The highest BCUT2D eigenvalue weighted by Gasteiger charge is 2.53. The van der Waals surface area contributed by atoms with Gasteiger partial charge in [0, 0.05) is 17.8 Å². The highest BCUT2D eigenvalue weighted by Crippen LogP contribution is 2.61. The molecular formula is C20H28N2O2. The van der Waals surface area contributed by atoms with Gasteiger partial charge in [0.2, 0.25) is 0 Å². The topological polar surface area (TPSA) is 50.4 Å². The van der Waals surface area contributed by atoms with Crippen LogP contribution in [0.15, 0.2) is 24.3 Å². The number of hydrogen-bond acceptors (Lipinski definition) is 2. The zero-order valence-electron chi connectivity index (χ0n) is 14.7. The molecule has 0 saturated heterocycles. The van der Waals surface area contributed by atoms with Gasteiger partial charge in [-0.25, -0.2) is 4.79 Å². The second kappa shape index (κ2) is 5.98. The summed E-state index contributed by atoms with van der Waals surface area (Å²) in [5.74, 6) is 3.47. The van der Waals surface area contributed by atoms with Crippen LogP contribution in [0.1, 0.15) is 45.4 Å². The Labute approximate surface area is 144 Å². The number of urea groups is 1. The van der Waals surface area contributed by atoms with E-state index in [9.17, 15) is 4.79 Å². The molecule has 4 aliphatic carbocycles. The van der Waals surface area contributed by atoms with Crippen molar-refractivity contribution in [3.8, 4) is 5.75 Å². The van der Waals surface area contributed by atoms with Crippen LogP contribution >= 0.6 is 0 Å². The van der Waals surface area contributed by atoms with Crippen LogP contribution in [0.5, 0.6) is 5.75 Å². The summed E-state index contributed by atoms with van der Waals surface area (Å²) < 4.78 is 5.21. The molecule has 0 aliphatic heterocycles. The number of carbonyl (C=O) groups excluding carboxylic acids is 1. The largest absolute Gasteiger partial charge is 0.497 e. The number of benzene rings is 1. The van der Waals surface area contributed by atoms with E-state index in [1.54, 1.807) is 7.11 Å². The maximum absolute atomic E-state index is 12.5. The molecule has 4 bridgehead atoms. The minimum absolute atomic E-state index is 0.105. The zero-order valence-corrected chi connectivity index (χ0v) is 14.7. The number of hydrogen-bond donors (Lipinski definition) is 2. The number of ether oxygens (including phenoxy) is 1. The monoisotopic (exact) mass is 328 g/mol. The Morgan fingerprint density at radius 2 is 1.79 bits per heavy atom. The third kappa shape index (κ3) is 2.87. The van der Waals surface area contributed by atoms with Crippen molar-refractivity contribution in [1.29, 1.82) is 0 Å². The molecule has 0 heterocycles. The van der Waals surface area contributed by atoms with E-state index in [4.69, 9.17) is 4.74 Å². The molecule has 0 spiro atoms. The Kier molecular flexibility index (Phi) is 3.93. The van der Waals surface area contributed by atoms with E-state index in [1.165, 1.54) is 38.5 Å². The Morgan fingerprint density at radius 3 is 2.38 bits per heavy atom. The van der Waals surface area contributed by atoms with Gasteiger partial charge >= 0.3 is 6.03 Å². The molecule has 2 N–H and O–H groups in total. The second-order valence-electron chi connectivity index (χ2n) is 8.33. The summed E-state index contributed by atoms with van der Waals surface area (Å²) in [6, 6.07) is 7.62. The van der Waals surface area contributed by atoms with Gasteiger partial charge in [0.25, 0.3) is 0 Å². The van der Waals surface area contributed by atoms with Crippen molar-refractivity contribution in [3.63, 3.8) is 0 Å². The Hall–Kier alpha value is -1.71. The van der Waals surface area contributed by atoms with Crippen LogP contribution in [0, 0.1) is 23.2 Å². The second-order valence-corrected chi connectivity index (χ2v) is 8.33. The number of rotatable bonds is 4. The molecule has 0 radical (unpaired) electrons. The summed E-state index contributed by atoms with van der Waals surface area (Å²) in [6.07, 6.45) is 8.21. The maximum Gasteiger partial charge on any atom is 0.319 e. The Balaban J connectivity index is 1.40. The highest BCUT2D eigenvalue weighted by molar-refractivity contribution is 5.89. The van der Waals surface area contributed by atoms with Gasteiger partial charge < -0.3 is 15.4 Å². The van der Waals surface area contributed by atoms with Gasteiger partial charge in [-0.3, -0.25) is 0 Å². The van der Waals surface area contributed by atoms with Gasteiger partial charge in [-0.2, -0.15) is 0 Å². The molecule has 1 aromatic carbocycles. The van der Waals surface area contributed by atoms with E-state index in [2.05, 4.69) is 17.6 Å². The maximum atomic E-state index is 12.5. The molecule has 4 saturated carbocycles. The highest BCUT2D eigenvalue weighted by atomic mass is 16.5. The van der Waals surface area contributed by atoms with Crippen LogP contribution in [0.25, 0.3) is 0 Å². The molecule has 1 atom stereocenters. The molecule has 130 valence electrons. The van der Waals surface area contributed by atoms with Crippen LogP contribution in [0.2, 0.25) is 0 Å². The molecule has 4 nitrogen and oxygen atoms in total. The van der Waals surface area contributed by atoms with Crippen LogP contribution in [-0.4, -0.2) is 19.2 Å². The fourth-order valence-corrected chi connectivity index (χ4v) is 5.93. The van der Waals surface area contributed by atoms with E-state index < -0.39 is 0 Å². The lowest BCUT2D eigenvalue weighted by molar-refractivity contribution is -0.0679. The molecule has 4 fully saturated rings. The van der Waals surface area contributed by atoms with Crippen molar-refractivity contribution in [2.24, 2.45) is 23.2 Å². The SMILES string of the molecule is COc1cccc(NC(=O)NC(C)C23CC4CC(CC(C4)C2)C3)c1. The van der Waals surface area contributed by atoms with Crippen molar-refractivity contribution in [2.45, 2.75) is 51.5 Å². The fourth-order valence-electron chi connectivity index (χ4n) is 5.93. The van der Waals surface area contributed by atoms with Gasteiger partial charge in [0.1, 0.15) is 5.75 Å². The van der Waals surface area contributed by atoms with E-state index in [0.717, 1.165) is 29.2 Å². The Morgan fingerprint density at radius 1 is 1.17 bits per heavy atom. The van der Waals surface area contributed by atoms with E-state index >= 15 is 0 Å². The van der Waals surface area contributed by atoms with Gasteiger partial charge in [-0.15, -0.1) is 0 Å². The molecule has 4 aliphatic rings. The molecule has 24 heavy (non-hydrogen) atoms. The average molecular weight is 328 g/mol. The minimum atomic E-state index is -0.105. The summed E-state index contributed by atoms with van der Waals surface area (Å²) in [4.78, 5) is 12.5. The van der Waals surface area contributed by atoms with E-state index in [1.807, 2.05) is 24.3 Å². The predicted octanol–water partition coefficient (Wildman–Crippen LogP) is 4.42. The molecule has 4 heteroatoms. The third-order valence-corrected chi connectivity index (χ3v) is 6.68. The summed E-state index contributed by atoms with van der Waals surface area (Å²) >= 11 is 0. The molecule has 1 unspecified atom stereocenters. The van der Waals surface area contributed by atoms with Crippen molar-refractivity contribution >= 4 is 11.7 Å². The smallest absolute Gasteiger partial charge is 0.319 e.